The van der Waals surface area contributed by atoms with E-state index in [0.29, 0.717) is 41.8 Å². The van der Waals surface area contributed by atoms with Gasteiger partial charge >= 0.3 is 13.3 Å². The lowest BCUT2D eigenvalue weighted by Gasteiger charge is -2.22. The first-order valence-electron chi connectivity index (χ1n) is 13.1. The van der Waals surface area contributed by atoms with Gasteiger partial charge in [-0.15, -0.1) is 11.3 Å². The first-order valence-corrected chi connectivity index (χ1v) is 13.9. The second-order valence-electron chi connectivity index (χ2n) is 9.95. The average molecular weight is 615 g/mol. The smallest absolute Gasteiger partial charge is 0.422 e. The topological polar surface area (TPSA) is 199 Å². The van der Waals surface area contributed by atoms with Gasteiger partial charge in [-0.2, -0.15) is 13.2 Å². The van der Waals surface area contributed by atoms with Gasteiger partial charge in [-0.25, -0.2) is 4.98 Å². The minimum atomic E-state index is -4.21. The molecule has 42 heavy (non-hydrogen) atoms. The van der Waals surface area contributed by atoms with Crippen LogP contribution in [0.1, 0.15) is 43.5 Å². The number of aromatic nitrogens is 1. The minimum absolute atomic E-state index is 0.0750. The maximum absolute atomic E-state index is 12.2. The largest absolute Gasteiger partial charge is 0.504 e. The highest BCUT2D eigenvalue weighted by Gasteiger charge is 2.44. The predicted octanol–water partition coefficient (Wildman–Crippen LogP) is 0.0179. The molecule has 0 saturated heterocycles. The number of aryl methyl sites for hydroxylation is 1. The van der Waals surface area contributed by atoms with Gasteiger partial charge in [0, 0.05) is 32.6 Å². The number of thiazole rings is 1. The summed E-state index contributed by atoms with van der Waals surface area (Å²) in [5, 5.41) is 15.2. The molecule has 9 N–H and O–H groups in total. The number of nitrogens with one attached hydrogen (secondary N) is 2. The summed E-state index contributed by atoms with van der Waals surface area (Å²) in [5.41, 5.74) is 16.8. The Hall–Kier alpha value is -3.09. The quantitative estimate of drug-likeness (QED) is 0.189. The zero-order chi connectivity index (χ0) is 31.7. The molecule has 1 unspecified atom stereocenters. The highest BCUT2D eigenvalue weighted by atomic mass is 32.1. The van der Waals surface area contributed by atoms with Gasteiger partial charge in [-0.05, 0) is 39.3 Å². The third-order valence-electron chi connectivity index (χ3n) is 6.06. The maximum Gasteiger partial charge on any atom is 0.504 e. The number of fused-ring (bicyclic) bond motifs is 1. The first-order chi connectivity index (χ1) is 19.6. The van der Waals surface area contributed by atoms with Crippen LogP contribution in [0.2, 0.25) is 0 Å². The van der Waals surface area contributed by atoms with E-state index in [1.54, 1.807) is 20.8 Å². The molecule has 0 saturated carbocycles. The lowest BCUT2D eigenvalue weighted by molar-refractivity contribution is -0.137. The number of nitrogens with zero attached hydrogens (tertiary/aromatic N) is 2. The van der Waals surface area contributed by atoms with Crippen LogP contribution in [0.25, 0.3) is 0 Å². The average Bonchev–Trinajstić information content (AvgIpc) is 3.43. The molecule has 0 bridgehead atoms. The molecular formula is C25H37BF3N7O5S. The van der Waals surface area contributed by atoms with E-state index >= 15 is 0 Å². The summed E-state index contributed by atoms with van der Waals surface area (Å²) in [4.78, 5) is 42.3. The number of nitrogens with two attached hydrogens (primary N) is 3. The number of amides is 3. The van der Waals surface area contributed by atoms with Crippen molar-refractivity contribution in [2.24, 2.45) is 17.2 Å². The van der Waals surface area contributed by atoms with Gasteiger partial charge in [0.2, 0.25) is 17.7 Å². The van der Waals surface area contributed by atoms with Crippen molar-refractivity contribution in [3.63, 3.8) is 0 Å². The van der Waals surface area contributed by atoms with E-state index in [-0.39, 0.29) is 25.3 Å². The van der Waals surface area contributed by atoms with Gasteiger partial charge in [-0.1, -0.05) is 17.7 Å². The molecular weight excluding hydrogens is 578 g/mol. The number of carbonyl (C=O) groups is 3. The molecule has 0 spiro atoms. The SMILES string of the molecule is CC1(C)OB(O)c2sc(NC(=O)CNC(=O)C(N)CCC(=O)N(CCN)CCN)nc21.Cc1ccc(C(F)(F)F)cc1. The highest BCUT2D eigenvalue weighted by molar-refractivity contribution is 7.25. The summed E-state index contributed by atoms with van der Waals surface area (Å²) < 4.78 is 41.7. The van der Waals surface area contributed by atoms with Gasteiger partial charge in [-0.3, -0.25) is 14.4 Å². The Balaban J connectivity index is 0.000000468. The summed E-state index contributed by atoms with van der Waals surface area (Å²) in [6.07, 6.45) is -4.01. The molecule has 2 heterocycles. The molecule has 232 valence electrons. The molecule has 1 aliphatic heterocycles. The zero-order valence-corrected chi connectivity index (χ0v) is 24.5. The molecule has 17 heteroatoms. The van der Waals surface area contributed by atoms with E-state index < -0.39 is 42.3 Å². The summed E-state index contributed by atoms with van der Waals surface area (Å²) in [7, 11) is -1.08. The minimum Gasteiger partial charge on any atom is -0.422 e. The van der Waals surface area contributed by atoms with Crippen molar-refractivity contribution in [2.75, 3.05) is 38.0 Å². The molecule has 3 amide bonds. The van der Waals surface area contributed by atoms with Crippen molar-refractivity contribution in [3.8, 4) is 0 Å². The van der Waals surface area contributed by atoms with Gasteiger partial charge in [0.1, 0.15) is 0 Å². The number of rotatable bonds is 11. The molecule has 12 nitrogen and oxygen atoms in total. The molecule has 1 atom stereocenters. The number of alkyl halides is 3. The number of halogens is 3. The van der Waals surface area contributed by atoms with Gasteiger partial charge in [0.25, 0.3) is 0 Å². The van der Waals surface area contributed by atoms with Crippen LogP contribution in [-0.4, -0.2) is 78.5 Å². The Morgan fingerprint density at radius 3 is 2.29 bits per heavy atom. The predicted molar refractivity (Wildman–Crippen MR) is 154 cm³/mol. The van der Waals surface area contributed by atoms with Crippen LogP contribution in [0, 0.1) is 6.92 Å². The molecule has 1 aromatic carbocycles. The molecule has 1 aromatic heterocycles. The maximum atomic E-state index is 12.2. The Morgan fingerprint density at radius 1 is 1.17 bits per heavy atom. The van der Waals surface area contributed by atoms with Crippen LogP contribution in [-0.2, 0) is 30.8 Å². The standard InChI is InChI=1S/C17H30BN7O5S.C8H7F3/c1-17(2)13-14(18(29)30-17)31-16(24-13)23-11(26)9-22-15(28)10(21)3-4-12(27)25(7-5-19)8-6-20;1-6-2-4-7(5-3-6)8(9,10)11/h10,29H,3-9,19-21H2,1-2H3,(H,22,28)(H,23,24,26);2-5H,1H3. The van der Waals surface area contributed by atoms with Crippen molar-refractivity contribution >= 4 is 46.1 Å². The number of hydrogen-bond donors (Lipinski definition) is 6. The molecule has 1 aliphatic rings. The van der Waals surface area contributed by atoms with E-state index in [1.165, 1.54) is 17.0 Å². The fourth-order valence-corrected chi connectivity index (χ4v) is 4.87. The van der Waals surface area contributed by atoms with Crippen LogP contribution in [0.5, 0.6) is 0 Å². The van der Waals surface area contributed by atoms with Gasteiger partial charge in [0.15, 0.2) is 5.13 Å². The lowest BCUT2D eigenvalue weighted by Crippen LogP contribution is -2.45. The second kappa shape index (κ2) is 15.4. The van der Waals surface area contributed by atoms with E-state index in [1.807, 2.05) is 0 Å². The van der Waals surface area contributed by atoms with Crippen LogP contribution in [0.4, 0.5) is 18.3 Å². The van der Waals surface area contributed by atoms with Crippen molar-refractivity contribution in [1.29, 1.82) is 0 Å². The molecule has 3 rings (SSSR count). The van der Waals surface area contributed by atoms with Crippen LogP contribution in [0.3, 0.4) is 0 Å². The Kier molecular flexibility index (Phi) is 12.9. The summed E-state index contributed by atoms with van der Waals surface area (Å²) in [6, 6.07) is 4.11. The van der Waals surface area contributed by atoms with Crippen molar-refractivity contribution in [3.05, 3.63) is 41.1 Å². The number of carbonyl (C=O) groups excluding carboxylic acids is 3. The molecule has 2 aromatic rings. The fourth-order valence-electron chi connectivity index (χ4n) is 3.82. The van der Waals surface area contributed by atoms with Crippen LogP contribution < -0.4 is 32.6 Å². The van der Waals surface area contributed by atoms with E-state index in [9.17, 15) is 32.6 Å². The Morgan fingerprint density at radius 2 is 1.76 bits per heavy atom. The fraction of sp³-hybridized carbons (Fsp3) is 0.520. The summed E-state index contributed by atoms with van der Waals surface area (Å²) in [5.74, 6) is -1.21. The zero-order valence-electron chi connectivity index (χ0n) is 23.7. The Labute approximate surface area is 246 Å². The van der Waals surface area contributed by atoms with Gasteiger partial charge in [0.05, 0.1) is 34.2 Å². The van der Waals surface area contributed by atoms with Crippen molar-refractivity contribution < 1.29 is 37.2 Å². The summed E-state index contributed by atoms with van der Waals surface area (Å²) in [6.45, 7) is 6.39. The third kappa shape index (κ3) is 10.3. The second-order valence-corrected chi connectivity index (χ2v) is 11.0. The molecule has 0 radical (unpaired) electrons. The highest BCUT2D eigenvalue weighted by Crippen LogP contribution is 2.32. The first kappa shape index (κ1) is 35.1. The van der Waals surface area contributed by atoms with Crippen molar-refractivity contribution in [2.45, 2.75) is 51.4 Å². The number of anilines is 1. The lowest BCUT2D eigenvalue weighted by atomic mass is 9.90. The van der Waals surface area contributed by atoms with Gasteiger partial charge < -0.3 is 42.4 Å². The van der Waals surface area contributed by atoms with E-state index in [4.69, 9.17) is 21.9 Å². The van der Waals surface area contributed by atoms with Crippen LogP contribution in [0.15, 0.2) is 24.3 Å². The number of hydrogen-bond acceptors (Lipinski definition) is 10. The van der Waals surface area contributed by atoms with Crippen molar-refractivity contribution in [1.82, 2.24) is 15.2 Å². The third-order valence-corrected chi connectivity index (χ3v) is 7.06. The molecule has 0 fully saturated rings. The number of benzene rings is 1. The molecule has 0 aliphatic carbocycles. The normalized spacial score (nSPS) is 14.4. The Bertz CT molecular complexity index is 1210. The van der Waals surface area contributed by atoms with Crippen LogP contribution >= 0.6 is 11.3 Å². The summed E-state index contributed by atoms with van der Waals surface area (Å²) >= 11 is 1.11. The van der Waals surface area contributed by atoms with E-state index in [2.05, 4.69) is 15.6 Å². The van der Waals surface area contributed by atoms with E-state index in [0.717, 1.165) is 29.0 Å². The monoisotopic (exact) mass is 615 g/mol.